The standard InChI is InChI=1S/C23H34O2/c1-15(2)8-7-11-23(6)18-10-9-16(3)12-17(18)21-19(24)13-22(4,5)14-20(21)25-23/h8,12,17-18H,7,9-11,13-14H2,1-6H3/t17-,18+,23-/m1/s1. The number of carbonyl (C=O) groups is 1. The third-order valence-electron chi connectivity index (χ3n) is 6.29. The summed E-state index contributed by atoms with van der Waals surface area (Å²) in [7, 11) is 0. The predicted octanol–water partition coefficient (Wildman–Crippen LogP) is 6.14. The van der Waals surface area contributed by atoms with E-state index in [-0.39, 0.29) is 16.9 Å². The smallest absolute Gasteiger partial charge is 0.163 e. The summed E-state index contributed by atoms with van der Waals surface area (Å²) in [5.74, 6) is 2.00. The second-order valence-electron chi connectivity index (χ2n) is 9.70. The molecule has 0 bridgehead atoms. The number of hydrogen-bond donors (Lipinski definition) is 0. The largest absolute Gasteiger partial charge is 0.491 e. The summed E-state index contributed by atoms with van der Waals surface area (Å²) in [5.41, 5.74) is 3.64. The number of ether oxygens (including phenoxy) is 1. The molecule has 25 heavy (non-hydrogen) atoms. The van der Waals surface area contributed by atoms with Crippen molar-refractivity contribution >= 4 is 5.78 Å². The van der Waals surface area contributed by atoms with Crippen molar-refractivity contribution in [2.45, 2.75) is 85.7 Å². The Morgan fingerprint density at radius 2 is 2.00 bits per heavy atom. The van der Waals surface area contributed by atoms with Crippen LogP contribution in [0.4, 0.5) is 0 Å². The summed E-state index contributed by atoms with van der Waals surface area (Å²) in [5, 5.41) is 0. The Hall–Kier alpha value is -1.31. The number of fused-ring (bicyclic) bond motifs is 2. The molecule has 0 aromatic heterocycles. The van der Waals surface area contributed by atoms with Gasteiger partial charge in [0.2, 0.25) is 0 Å². The van der Waals surface area contributed by atoms with E-state index < -0.39 is 0 Å². The van der Waals surface area contributed by atoms with E-state index in [4.69, 9.17) is 4.74 Å². The predicted molar refractivity (Wildman–Crippen MR) is 103 cm³/mol. The Labute approximate surface area is 153 Å². The maximum atomic E-state index is 12.9. The van der Waals surface area contributed by atoms with E-state index >= 15 is 0 Å². The van der Waals surface area contributed by atoms with Gasteiger partial charge in [-0.05, 0) is 58.8 Å². The SMILES string of the molecule is CC(C)=CCC[C@@]1(C)OC2=C(C(=O)CC(C)(C)C2)[C@@H]2C=C(C)CC[C@@H]21. The molecule has 0 spiro atoms. The van der Waals surface area contributed by atoms with Crippen LogP contribution in [0.25, 0.3) is 0 Å². The molecule has 3 aliphatic rings. The molecule has 2 nitrogen and oxygen atoms in total. The van der Waals surface area contributed by atoms with Gasteiger partial charge in [-0.3, -0.25) is 4.79 Å². The minimum absolute atomic E-state index is 0.0109. The molecule has 2 heteroatoms. The highest BCUT2D eigenvalue weighted by molar-refractivity contribution is 5.98. The lowest BCUT2D eigenvalue weighted by molar-refractivity contribution is -0.126. The van der Waals surface area contributed by atoms with Gasteiger partial charge in [-0.25, -0.2) is 0 Å². The zero-order valence-electron chi connectivity index (χ0n) is 16.9. The third-order valence-corrected chi connectivity index (χ3v) is 6.29. The van der Waals surface area contributed by atoms with E-state index in [9.17, 15) is 4.79 Å². The Bertz CT molecular complexity index is 658. The molecule has 138 valence electrons. The van der Waals surface area contributed by atoms with E-state index in [1.54, 1.807) is 0 Å². The van der Waals surface area contributed by atoms with E-state index in [1.807, 2.05) is 0 Å². The number of Topliss-reactive ketones (excluding diaryl/α,β-unsaturated/α-hetero) is 1. The quantitative estimate of drug-likeness (QED) is 0.576. The fourth-order valence-corrected chi connectivity index (χ4v) is 5.02. The zero-order chi connectivity index (χ0) is 18.4. The minimum Gasteiger partial charge on any atom is -0.491 e. The molecule has 0 saturated carbocycles. The lowest BCUT2D eigenvalue weighted by Gasteiger charge is -2.51. The molecule has 3 rings (SSSR count). The number of hydrogen-bond acceptors (Lipinski definition) is 2. The second-order valence-corrected chi connectivity index (χ2v) is 9.70. The van der Waals surface area contributed by atoms with Crippen molar-refractivity contribution in [1.29, 1.82) is 0 Å². The summed E-state index contributed by atoms with van der Waals surface area (Å²) < 4.78 is 6.67. The van der Waals surface area contributed by atoms with Gasteiger partial charge in [0.1, 0.15) is 11.4 Å². The molecular formula is C23H34O2. The maximum Gasteiger partial charge on any atom is 0.163 e. The monoisotopic (exact) mass is 342 g/mol. The average Bonchev–Trinajstić information content (AvgIpc) is 2.44. The number of rotatable bonds is 3. The van der Waals surface area contributed by atoms with Gasteiger partial charge in [-0.1, -0.05) is 37.1 Å². The van der Waals surface area contributed by atoms with Crippen LogP contribution >= 0.6 is 0 Å². The van der Waals surface area contributed by atoms with Crippen LogP contribution in [0.5, 0.6) is 0 Å². The van der Waals surface area contributed by atoms with Gasteiger partial charge < -0.3 is 4.74 Å². The Morgan fingerprint density at radius 3 is 2.68 bits per heavy atom. The van der Waals surface area contributed by atoms with E-state index in [2.05, 4.69) is 53.7 Å². The van der Waals surface area contributed by atoms with Crippen LogP contribution in [-0.2, 0) is 9.53 Å². The fraction of sp³-hybridized carbons (Fsp3) is 0.696. The van der Waals surface area contributed by atoms with Crippen LogP contribution in [0.1, 0.15) is 80.1 Å². The first-order valence-corrected chi connectivity index (χ1v) is 9.87. The van der Waals surface area contributed by atoms with Crippen molar-refractivity contribution in [3.63, 3.8) is 0 Å². The van der Waals surface area contributed by atoms with Crippen LogP contribution < -0.4 is 0 Å². The summed E-state index contributed by atoms with van der Waals surface area (Å²) in [6.07, 6.45) is 10.6. The molecule has 0 unspecified atom stereocenters. The molecule has 0 aromatic carbocycles. The molecule has 0 fully saturated rings. The molecule has 3 atom stereocenters. The number of carbonyl (C=O) groups excluding carboxylic acids is 1. The second kappa shape index (κ2) is 6.45. The molecule has 0 aromatic rings. The number of allylic oxidation sites excluding steroid dienone is 6. The van der Waals surface area contributed by atoms with Crippen molar-refractivity contribution in [3.05, 3.63) is 34.6 Å². The normalized spacial score (nSPS) is 33.8. The molecule has 2 aliphatic carbocycles. The van der Waals surface area contributed by atoms with Gasteiger partial charge in [-0.15, -0.1) is 0 Å². The molecule has 0 radical (unpaired) electrons. The van der Waals surface area contributed by atoms with Crippen molar-refractivity contribution < 1.29 is 9.53 Å². The molecule has 1 heterocycles. The van der Waals surface area contributed by atoms with Crippen LogP contribution in [0.3, 0.4) is 0 Å². The van der Waals surface area contributed by atoms with Crippen LogP contribution in [0.2, 0.25) is 0 Å². The molecule has 0 amide bonds. The minimum atomic E-state index is -0.166. The zero-order valence-corrected chi connectivity index (χ0v) is 16.9. The van der Waals surface area contributed by atoms with Gasteiger partial charge in [0.25, 0.3) is 0 Å². The Kier molecular flexibility index (Phi) is 4.77. The first-order chi connectivity index (χ1) is 11.6. The third kappa shape index (κ3) is 3.64. The van der Waals surface area contributed by atoms with E-state index in [1.165, 1.54) is 11.1 Å². The van der Waals surface area contributed by atoms with Gasteiger partial charge in [0, 0.05) is 30.3 Å². The molecular weight excluding hydrogens is 308 g/mol. The van der Waals surface area contributed by atoms with Crippen molar-refractivity contribution in [3.8, 4) is 0 Å². The highest BCUT2D eigenvalue weighted by Crippen LogP contribution is 2.53. The van der Waals surface area contributed by atoms with Crippen molar-refractivity contribution in [2.75, 3.05) is 0 Å². The van der Waals surface area contributed by atoms with Gasteiger partial charge >= 0.3 is 0 Å². The van der Waals surface area contributed by atoms with E-state index in [0.29, 0.717) is 18.1 Å². The van der Waals surface area contributed by atoms with Crippen LogP contribution in [-0.4, -0.2) is 11.4 Å². The lowest BCUT2D eigenvalue weighted by atomic mass is 9.62. The van der Waals surface area contributed by atoms with Crippen molar-refractivity contribution in [2.24, 2.45) is 17.3 Å². The van der Waals surface area contributed by atoms with Gasteiger partial charge in [0.15, 0.2) is 5.78 Å². The van der Waals surface area contributed by atoms with Crippen molar-refractivity contribution in [1.82, 2.24) is 0 Å². The van der Waals surface area contributed by atoms with E-state index in [0.717, 1.165) is 43.4 Å². The fourth-order valence-electron chi connectivity index (χ4n) is 5.02. The van der Waals surface area contributed by atoms with Gasteiger partial charge in [-0.2, -0.15) is 0 Å². The highest BCUT2D eigenvalue weighted by atomic mass is 16.5. The summed E-state index contributed by atoms with van der Waals surface area (Å²) in [6.45, 7) is 13.2. The van der Waals surface area contributed by atoms with Crippen LogP contribution in [0.15, 0.2) is 34.6 Å². The summed E-state index contributed by atoms with van der Waals surface area (Å²) in [6, 6.07) is 0. The topological polar surface area (TPSA) is 26.3 Å². The molecule has 1 aliphatic heterocycles. The Balaban J connectivity index is 1.99. The first-order valence-electron chi connectivity index (χ1n) is 9.87. The summed E-state index contributed by atoms with van der Waals surface area (Å²) >= 11 is 0. The maximum absolute atomic E-state index is 12.9. The van der Waals surface area contributed by atoms with Crippen LogP contribution in [0, 0.1) is 17.3 Å². The number of ketones is 1. The first kappa shape index (κ1) is 18.5. The van der Waals surface area contributed by atoms with Gasteiger partial charge in [0.05, 0.1) is 0 Å². The average molecular weight is 343 g/mol. The molecule has 0 N–H and O–H groups in total. The highest BCUT2D eigenvalue weighted by Gasteiger charge is 2.51. The lowest BCUT2D eigenvalue weighted by Crippen LogP contribution is -2.49. The summed E-state index contributed by atoms with van der Waals surface area (Å²) in [4.78, 5) is 12.9. The molecule has 0 saturated heterocycles. The Morgan fingerprint density at radius 1 is 1.28 bits per heavy atom.